The Morgan fingerprint density at radius 2 is 2.07 bits per heavy atom. The van der Waals surface area contributed by atoms with Gasteiger partial charge in [0.25, 0.3) is 0 Å². The second kappa shape index (κ2) is 2.68. The summed E-state index contributed by atoms with van der Waals surface area (Å²) in [7, 11) is -2.57. The molecule has 0 radical (unpaired) electrons. The van der Waals surface area contributed by atoms with Crippen LogP contribution in [0.1, 0.15) is 0 Å². The number of nitrogens with two attached hydrogens (primary N) is 1. The number of hydrogen-bond acceptors (Lipinski definition) is 6. The Balaban J connectivity index is 2.59. The standard InChI is InChI=1S/C7H7NO5S/c1-11-4-2-3-5-7(6(4)8)13-14(9,10)12-5/h2-3H,8H2,1H3. The number of fused-ring (bicyclic) bond motifs is 1. The highest BCUT2D eigenvalue weighted by atomic mass is 32.3. The smallest absolute Gasteiger partial charge is 0.494 e. The van der Waals surface area contributed by atoms with Gasteiger partial charge in [-0.2, -0.15) is 0 Å². The van der Waals surface area contributed by atoms with E-state index in [0.717, 1.165) is 0 Å². The van der Waals surface area contributed by atoms with Crippen LogP contribution in [-0.2, 0) is 10.4 Å². The van der Waals surface area contributed by atoms with Gasteiger partial charge in [0, 0.05) is 0 Å². The highest BCUT2D eigenvalue weighted by molar-refractivity contribution is 7.82. The molecular formula is C7H7NO5S. The molecule has 0 saturated carbocycles. The topological polar surface area (TPSA) is 87.9 Å². The van der Waals surface area contributed by atoms with Crippen molar-refractivity contribution in [3.63, 3.8) is 0 Å². The zero-order chi connectivity index (χ0) is 10.3. The fourth-order valence-electron chi connectivity index (χ4n) is 1.12. The van der Waals surface area contributed by atoms with Gasteiger partial charge < -0.3 is 18.8 Å². The Hall–Kier alpha value is -1.63. The molecule has 76 valence electrons. The van der Waals surface area contributed by atoms with Crippen molar-refractivity contribution < 1.29 is 21.5 Å². The van der Waals surface area contributed by atoms with E-state index in [1.54, 1.807) is 0 Å². The fraction of sp³-hybridized carbons (Fsp3) is 0.143. The first-order valence-electron chi connectivity index (χ1n) is 3.64. The van der Waals surface area contributed by atoms with Crippen LogP contribution in [0.4, 0.5) is 5.69 Å². The summed E-state index contributed by atoms with van der Waals surface area (Å²) in [6.45, 7) is 0. The molecule has 1 aromatic carbocycles. The molecule has 0 bridgehead atoms. The maximum atomic E-state index is 10.9. The Labute approximate surface area is 80.5 Å². The lowest BCUT2D eigenvalue weighted by atomic mass is 10.2. The zero-order valence-electron chi connectivity index (χ0n) is 7.18. The molecule has 2 N–H and O–H groups in total. The average molecular weight is 217 g/mol. The summed E-state index contributed by atoms with van der Waals surface area (Å²) < 4.78 is 35.7. The molecule has 7 heteroatoms. The minimum atomic E-state index is -3.99. The number of hydrogen-bond donors (Lipinski definition) is 1. The maximum Gasteiger partial charge on any atom is 0.501 e. The summed E-state index contributed by atoms with van der Waals surface area (Å²) in [5, 5.41) is 0. The van der Waals surface area contributed by atoms with Crippen molar-refractivity contribution >= 4 is 16.1 Å². The zero-order valence-corrected chi connectivity index (χ0v) is 8.00. The SMILES string of the molecule is COc1ccc2c(c1N)OS(=O)(=O)O2. The van der Waals surface area contributed by atoms with Crippen molar-refractivity contribution in [1.82, 2.24) is 0 Å². The van der Waals surface area contributed by atoms with Crippen LogP contribution >= 0.6 is 0 Å². The summed E-state index contributed by atoms with van der Waals surface area (Å²) in [5.41, 5.74) is 5.67. The number of methoxy groups -OCH3 is 1. The van der Waals surface area contributed by atoms with E-state index in [1.807, 2.05) is 0 Å². The fourth-order valence-corrected chi connectivity index (χ4v) is 1.88. The lowest BCUT2D eigenvalue weighted by Crippen LogP contribution is -2.08. The molecular weight excluding hydrogens is 210 g/mol. The van der Waals surface area contributed by atoms with E-state index < -0.39 is 10.4 Å². The van der Waals surface area contributed by atoms with Crippen LogP contribution in [-0.4, -0.2) is 15.5 Å². The van der Waals surface area contributed by atoms with E-state index in [4.69, 9.17) is 10.5 Å². The van der Waals surface area contributed by atoms with Crippen molar-refractivity contribution in [2.24, 2.45) is 0 Å². The normalized spacial score (nSPS) is 16.6. The third-order valence-electron chi connectivity index (χ3n) is 1.72. The summed E-state index contributed by atoms with van der Waals surface area (Å²) >= 11 is 0. The lowest BCUT2D eigenvalue weighted by Gasteiger charge is -2.04. The minimum Gasteiger partial charge on any atom is -0.494 e. The second-order valence-electron chi connectivity index (χ2n) is 2.58. The Morgan fingerprint density at radius 1 is 1.36 bits per heavy atom. The quantitative estimate of drug-likeness (QED) is 0.680. The van der Waals surface area contributed by atoms with E-state index in [2.05, 4.69) is 8.37 Å². The Kier molecular flexibility index (Phi) is 1.71. The predicted octanol–water partition coefficient (Wildman–Crippen LogP) is 0.293. The first kappa shape index (κ1) is 8.95. The largest absolute Gasteiger partial charge is 0.501 e. The van der Waals surface area contributed by atoms with E-state index >= 15 is 0 Å². The van der Waals surface area contributed by atoms with Crippen LogP contribution in [0.15, 0.2) is 12.1 Å². The monoisotopic (exact) mass is 217 g/mol. The number of anilines is 1. The number of rotatable bonds is 1. The van der Waals surface area contributed by atoms with Crippen molar-refractivity contribution in [3.05, 3.63) is 12.1 Å². The van der Waals surface area contributed by atoms with E-state index in [-0.39, 0.29) is 17.2 Å². The average Bonchev–Trinajstić information content (AvgIpc) is 2.42. The molecule has 1 aliphatic rings. The van der Waals surface area contributed by atoms with Crippen molar-refractivity contribution in [3.8, 4) is 17.2 Å². The molecule has 1 heterocycles. The lowest BCUT2D eigenvalue weighted by molar-refractivity contribution is 0.415. The van der Waals surface area contributed by atoms with E-state index in [0.29, 0.717) is 5.75 Å². The molecule has 0 fully saturated rings. The van der Waals surface area contributed by atoms with Crippen molar-refractivity contribution in [1.29, 1.82) is 0 Å². The van der Waals surface area contributed by atoms with Gasteiger partial charge in [-0.3, -0.25) is 0 Å². The maximum absolute atomic E-state index is 10.9. The van der Waals surface area contributed by atoms with Gasteiger partial charge in [-0.05, 0) is 12.1 Å². The predicted molar refractivity (Wildman–Crippen MR) is 47.6 cm³/mol. The summed E-state index contributed by atoms with van der Waals surface area (Å²) in [6.07, 6.45) is 0. The first-order valence-corrected chi connectivity index (χ1v) is 4.97. The van der Waals surface area contributed by atoms with Gasteiger partial charge in [-0.15, -0.1) is 8.42 Å². The molecule has 0 amide bonds. The molecule has 2 rings (SSSR count). The first-order chi connectivity index (χ1) is 6.53. The van der Waals surface area contributed by atoms with Crippen LogP contribution in [0.2, 0.25) is 0 Å². The summed E-state index contributed by atoms with van der Waals surface area (Å²) in [6, 6.07) is 2.91. The molecule has 1 aliphatic heterocycles. The molecule has 6 nitrogen and oxygen atoms in total. The third kappa shape index (κ3) is 1.22. The Bertz CT molecular complexity index is 481. The van der Waals surface area contributed by atoms with Crippen LogP contribution < -0.4 is 18.8 Å². The second-order valence-corrected chi connectivity index (χ2v) is 3.73. The number of nitrogen functional groups attached to an aromatic ring is 1. The van der Waals surface area contributed by atoms with Gasteiger partial charge in [0.2, 0.25) is 5.75 Å². The molecule has 0 aromatic heterocycles. The Morgan fingerprint density at radius 3 is 2.71 bits per heavy atom. The molecule has 0 saturated heterocycles. The minimum absolute atomic E-state index is 0.0237. The molecule has 0 aliphatic carbocycles. The van der Waals surface area contributed by atoms with Crippen LogP contribution in [0.5, 0.6) is 17.2 Å². The van der Waals surface area contributed by atoms with E-state index in [1.165, 1.54) is 19.2 Å². The van der Waals surface area contributed by atoms with Crippen LogP contribution in [0.25, 0.3) is 0 Å². The molecule has 0 spiro atoms. The molecule has 0 unspecified atom stereocenters. The van der Waals surface area contributed by atoms with Crippen LogP contribution in [0, 0.1) is 0 Å². The highest BCUT2D eigenvalue weighted by Gasteiger charge is 2.31. The van der Waals surface area contributed by atoms with Crippen molar-refractivity contribution in [2.45, 2.75) is 0 Å². The van der Waals surface area contributed by atoms with E-state index in [9.17, 15) is 8.42 Å². The van der Waals surface area contributed by atoms with Gasteiger partial charge in [-0.1, -0.05) is 0 Å². The molecule has 0 atom stereocenters. The molecule has 14 heavy (non-hydrogen) atoms. The van der Waals surface area contributed by atoms with Gasteiger partial charge in [0.15, 0.2) is 5.75 Å². The third-order valence-corrected chi connectivity index (χ3v) is 2.47. The van der Waals surface area contributed by atoms with Gasteiger partial charge >= 0.3 is 10.4 Å². The summed E-state index contributed by atoms with van der Waals surface area (Å²) in [5.74, 6) is 0.386. The number of benzene rings is 1. The van der Waals surface area contributed by atoms with Gasteiger partial charge in [-0.25, -0.2) is 0 Å². The highest BCUT2D eigenvalue weighted by Crippen LogP contribution is 2.44. The van der Waals surface area contributed by atoms with Crippen molar-refractivity contribution in [2.75, 3.05) is 12.8 Å². The van der Waals surface area contributed by atoms with Gasteiger partial charge in [0.1, 0.15) is 11.4 Å². The number of ether oxygens (including phenoxy) is 1. The van der Waals surface area contributed by atoms with Gasteiger partial charge in [0.05, 0.1) is 7.11 Å². The summed E-state index contributed by atoms with van der Waals surface area (Å²) in [4.78, 5) is 0. The van der Waals surface area contributed by atoms with Crippen LogP contribution in [0.3, 0.4) is 0 Å². The molecule has 1 aromatic rings.